The van der Waals surface area contributed by atoms with Crippen molar-refractivity contribution in [1.29, 1.82) is 0 Å². The minimum atomic E-state index is -0.220. The third kappa shape index (κ3) is 11.9. The molecule has 0 bridgehead atoms. The molecular formula is C33H46ClN2O3S+. The van der Waals surface area contributed by atoms with E-state index < -0.39 is 0 Å². The first-order valence-electron chi connectivity index (χ1n) is 14.9. The number of halogens is 1. The van der Waals surface area contributed by atoms with Crippen molar-refractivity contribution in [3.63, 3.8) is 0 Å². The number of unbranched alkanes of at least 4 members (excludes halogenated alkanes) is 11. The van der Waals surface area contributed by atoms with Crippen LogP contribution in [-0.4, -0.2) is 19.1 Å². The van der Waals surface area contributed by atoms with Gasteiger partial charge in [0.05, 0.1) is 22.7 Å². The molecule has 1 amide bonds. The third-order valence-electron chi connectivity index (χ3n) is 7.04. The van der Waals surface area contributed by atoms with Crippen molar-refractivity contribution in [3.05, 3.63) is 69.6 Å². The van der Waals surface area contributed by atoms with Crippen LogP contribution in [0.15, 0.2) is 54.0 Å². The Morgan fingerprint density at radius 2 is 1.57 bits per heavy atom. The molecule has 1 heterocycles. The van der Waals surface area contributed by atoms with Gasteiger partial charge in [0.2, 0.25) is 5.01 Å². The van der Waals surface area contributed by atoms with Gasteiger partial charge in [0.25, 0.3) is 5.91 Å². The van der Waals surface area contributed by atoms with Crippen LogP contribution in [0.4, 0.5) is 5.69 Å². The highest BCUT2D eigenvalue weighted by atomic mass is 35.5. The molecular weight excluding hydrogens is 540 g/mol. The van der Waals surface area contributed by atoms with Crippen LogP contribution < -0.4 is 19.4 Å². The van der Waals surface area contributed by atoms with Gasteiger partial charge in [-0.2, -0.15) is 4.57 Å². The van der Waals surface area contributed by atoms with Crippen molar-refractivity contribution in [2.75, 3.05) is 18.5 Å². The lowest BCUT2D eigenvalue weighted by molar-refractivity contribution is -0.689. The van der Waals surface area contributed by atoms with Gasteiger partial charge in [0.15, 0.2) is 19.3 Å². The van der Waals surface area contributed by atoms with E-state index in [1.54, 1.807) is 23.5 Å². The molecule has 0 aliphatic carbocycles. The van der Waals surface area contributed by atoms with Crippen molar-refractivity contribution >= 4 is 34.5 Å². The number of rotatable bonds is 20. The van der Waals surface area contributed by atoms with E-state index in [9.17, 15) is 4.79 Å². The quantitative estimate of drug-likeness (QED) is 0.106. The van der Waals surface area contributed by atoms with Gasteiger partial charge in [-0.25, -0.2) is 0 Å². The fourth-order valence-electron chi connectivity index (χ4n) is 4.65. The Morgan fingerprint density at radius 1 is 0.900 bits per heavy atom. The Kier molecular flexibility index (Phi) is 15.0. The van der Waals surface area contributed by atoms with Crippen LogP contribution in [0, 0.1) is 6.92 Å². The highest BCUT2D eigenvalue weighted by Crippen LogP contribution is 2.29. The molecule has 1 aromatic heterocycles. The molecule has 218 valence electrons. The zero-order valence-electron chi connectivity index (χ0n) is 24.3. The Hall–Kier alpha value is -2.57. The Morgan fingerprint density at radius 3 is 2.23 bits per heavy atom. The highest BCUT2D eigenvalue weighted by molar-refractivity contribution is 7.09. The number of thiazole rings is 1. The first-order valence-corrected chi connectivity index (χ1v) is 16.2. The molecule has 5 nitrogen and oxygen atoms in total. The largest absolute Gasteiger partial charge is 0.492 e. The molecule has 0 saturated heterocycles. The number of ether oxygens (including phenoxy) is 2. The fraction of sp³-hybridized carbons (Fsp3) is 0.515. The number of benzene rings is 2. The van der Waals surface area contributed by atoms with Gasteiger partial charge in [-0.15, -0.1) is 0 Å². The van der Waals surface area contributed by atoms with Crippen LogP contribution in [-0.2, 0) is 11.3 Å². The highest BCUT2D eigenvalue weighted by Gasteiger charge is 2.14. The number of carbonyl (C=O) groups is 1. The topological polar surface area (TPSA) is 51.4 Å². The first-order chi connectivity index (χ1) is 19.6. The first kappa shape index (κ1) is 32.0. The summed E-state index contributed by atoms with van der Waals surface area (Å²) in [5, 5.41) is 6.74. The van der Waals surface area contributed by atoms with E-state index in [0.717, 1.165) is 17.7 Å². The maximum absolute atomic E-state index is 12.6. The van der Waals surface area contributed by atoms with Gasteiger partial charge in [-0.05, 0) is 24.6 Å². The summed E-state index contributed by atoms with van der Waals surface area (Å²) in [6.45, 7) is 5.60. The Bertz CT molecular complexity index is 1150. The standard InChI is InChI=1S/C33H45ClN2O3S/c1-3-4-5-6-7-8-9-10-11-12-13-16-22-38-32-20-19-29(24-30(32)34)39-26-33(37)35-31-18-15-14-17-28(31)25-36-21-23-40-27(36)2/h14-15,17-21,23-24H,3-13,16,22,25-26H2,1-2H3/p+1. The van der Waals surface area contributed by atoms with Crippen LogP contribution in [0.3, 0.4) is 0 Å². The number of aromatic nitrogens is 1. The van der Waals surface area contributed by atoms with Crippen molar-refractivity contribution in [2.45, 2.75) is 97.4 Å². The molecule has 1 N–H and O–H groups in total. The van der Waals surface area contributed by atoms with E-state index in [1.165, 1.54) is 75.6 Å². The van der Waals surface area contributed by atoms with Crippen molar-refractivity contribution in [1.82, 2.24) is 0 Å². The summed E-state index contributed by atoms with van der Waals surface area (Å²) >= 11 is 8.12. The smallest absolute Gasteiger partial charge is 0.262 e. The lowest BCUT2D eigenvalue weighted by Gasteiger charge is -2.12. The summed E-state index contributed by atoms with van der Waals surface area (Å²) in [5.41, 5.74) is 1.83. The van der Waals surface area contributed by atoms with E-state index in [4.69, 9.17) is 21.1 Å². The molecule has 0 unspecified atom stereocenters. The third-order valence-corrected chi connectivity index (χ3v) is 8.17. The SMILES string of the molecule is CCCCCCCCCCCCCCOc1ccc(OCC(=O)Nc2ccccc2C[n+]2ccsc2C)cc1Cl. The minimum Gasteiger partial charge on any atom is -0.492 e. The predicted molar refractivity (Wildman–Crippen MR) is 167 cm³/mol. The second-order valence-electron chi connectivity index (χ2n) is 10.4. The van der Waals surface area contributed by atoms with Crippen LogP contribution in [0.5, 0.6) is 11.5 Å². The summed E-state index contributed by atoms with van der Waals surface area (Å²) in [4.78, 5) is 12.6. The molecule has 40 heavy (non-hydrogen) atoms. The Labute approximate surface area is 249 Å². The molecule has 3 aromatic rings. The summed E-state index contributed by atoms with van der Waals surface area (Å²) in [6.07, 6.45) is 17.9. The van der Waals surface area contributed by atoms with E-state index >= 15 is 0 Å². The number of hydrogen-bond donors (Lipinski definition) is 1. The summed E-state index contributed by atoms with van der Waals surface area (Å²) in [6, 6.07) is 13.1. The van der Waals surface area contributed by atoms with Gasteiger partial charge in [0.1, 0.15) is 11.5 Å². The number of anilines is 1. The fourth-order valence-corrected chi connectivity index (χ4v) is 5.54. The van der Waals surface area contributed by atoms with Gasteiger partial charge in [0, 0.05) is 18.6 Å². The molecule has 3 rings (SSSR count). The molecule has 0 saturated carbocycles. The molecule has 0 atom stereocenters. The normalized spacial score (nSPS) is 11.0. The van der Waals surface area contributed by atoms with Gasteiger partial charge < -0.3 is 14.8 Å². The minimum absolute atomic E-state index is 0.103. The number of para-hydroxylation sites is 1. The average molecular weight is 586 g/mol. The zero-order valence-corrected chi connectivity index (χ0v) is 25.8. The molecule has 0 aliphatic heterocycles. The van der Waals surface area contributed by atoms with E-state index in [2.05, 4.69) is 35.3 Å². The summed E-state index contributed by atoms with van der Waals surface area (Å²) in [5.74, 6) is 0.968. The number of nitrogens with one attached hydrogen (secondary N) is 1. The van der Waals surface area contributed by atoms with Crippen LogP contribution in [0.25, 0.3) is 0 Å². The molecule has 0 aliphatic rings. The lowest BCUT2D eigenvalue weighted by atomic mass is 10.1. The number of aryl methyl sites for hydroxylation is 1. The van der Waals surface area contributed by atoms with E-state index in [-0.39, 0.29) is 12.5 Å². The average Bonchev–Trinajstić information content (AvgIpc) is 3.36. The summed E-state index contributed by atoms with van der Waals surface area (Å²) < 4.78 is 13.8. The van der Waals surface area contributed by atoms with Gasteiger partial charge in [-0.1, -0.05) is 119 Å². The molecule has 0 radical (unpaired) electrons. The van der Waals surface area contributed by atoms with Crippen molar-refractivity contribution in [2.24, 2.45) is 0 Å². The maximum atomic E-state index is 12.6. The predicted octanol–water partition coefficient (Wildman–Crippen LogP) is 9.14. The second kappa shape index (κ2) is 18.7. The monoisotopic (exact) mass is 585 g/mol. The van der Waals surface area contributed by atoms with Gasteiger partial charge >= 0.3 is 0 Å². The van der Waals surface area contributed by atoms with Gasteiger partial charge in [-0.3, -0.25) is 4.79 Å². The number of hydrogen-bond acceptors (Lipinski definition) is 4. The summed E-state index contributed by atoms with van der Waals surface area (Å²) in [7, 11) is 0. The van der Waals surface area contributed by atoms with E-state index in [1.807, 2.05) is 30.3 Å². The van der Waals surface area contributed by atoms with Crippen LogP contribution >= 0.6 is 22.9 Å². The number of nitrogens with zero attached hydrogens (tertiary/aromatic N) is 1. The second-order valence-corrected chi connectivity index (χ2v) is 11.9. The molecule has 7 heteroatoms. The maximum Gasteiger partial charge on any atom is 0.262 e. The Balaban J connectivity index is 1.30. The lowest BCUT2D eigenvalue weighted by Crippen LogP contribution is -2.34. The van der Waals surface area contributed by atoms with Crippen LogP contribution in [0.2, 0.25) is 5.02 Å². The van der Waals surface area contributed by atoms with Crippen molar-refractivity contribution < 1.29 is 18.8 Å². The number of amides is 1. The van der Waals surface area contributed by atoms with Crippen LogP contribution in [0.1, 0.15) is 94.5 Å². The number of carbonyl (C=O) groups excluding carboxylic acids is 1. The molecule has 0 fully saturated rings. The zero-order chi connectivity index (χ0) is 28.4. The molecule has 0 spiro atoms. The molecule has 2 aromatic carbocycles. The van der Waals surface area contributed by atoms with E-state index in [0.29, 0.717) is 29.7 Å². The van der Waals surface area contributed by atoms with Crippen molar-refractivity contribution in [3.8, 4) is 11.5 Å².